The third-order valence-corrected chi connectivity index (χ3v) is 1.64. The highest BCUT2D eigenvalue weighted by Crippen LogP contribution is 2.15. The zero-order valence-electron chi connectivity index (χ0n) is 6.89. The quantitative estimate of drug-likeness (QED) is 0.414. The molecule has 0 aliphatic rings. The number of ether oxygens (including phenoxy) is 1. The van der Waals surface area contributed by atoms with E-state index in [0.29, 0.717) is 0 Å². The number of nitriles is 1. The Morgan fingerprint density at radius 3 is 2.25 bits per heavy atom. The van der Waals surface area contributed by atoms with Crippen molar-refractivity contribution < 1.29 is 9.53 Å². The number of carbonyl (C=O) groups is 1. The summed E-state index contributed by atoms with van der Waals surface area (Å²) in [5.41, 5.74) is 0. The maximum Gasteiger partial charge on any atom is 0.325 e. The van der Waals surface area contributed by atoms with Gasteiger partial charge in [0.1, 0.15) is 0 Å². The topological polar surface area (TPSA) is 50.1 Å². The molecule has 5 heteroatoms. The minimum absolute atomic E-state index is 0.214. The molecule has 12 heavy (non-hydrogen) atoms. The van der Waals surface area contributed by atoms with Gasteiger partial charge in [0.2, 0.25) is 0 Å². The predicted molar refractivity (Wildman–Crippen MR) is 52.1 cm³/mol. The van der Waals surface area contributed by atoms with Crippen molar-refractivity contribution in [3.8, 4) is 6.07 Å². The normalized spacial score (nSPS) is 12.8. The predicted octanol–water partition coefficient (Wildman–Crippen LogP) is 1.26. The SMILES string of the molecule is CC(C)OC(=O)C(C#N)C(S)S. The molecule has 0 aromatic carbocycles. The Bertz CT molecular complexity index is 198. The van der Waals surface area contributed by atoms with E-state index in [1.807, 2.05) is 0 Å². The number of carbonyl (C=O) groups excluding carboxylic acids is 1. The van der Waals surface area contributed by atoms with Crippen molar-refractivity contribution >= 4 is 31.2 Å². The van der Waals surface area contributed by atoms with Gasteiger partial charge >= 0.3 is 5.97 Å². The Hall–Kier alpha value is -0.340. The van der Waals surface area contributed by atoms with Crippen LogP contribution in [-0.2, 0) is 9.53 Å². The molecule has 0 aromatic rings. The van der Waals surface area contributed by atoms with E-state index in [4.69, 9.17) is 10.00 Å². The van der Waals surface area contributed by atoms with Crippen molar-refractivity contribution in [2.45, 2.75) is 24.5 Å². The van der Waals surface area contributed by atoms with E-state index in [1.165, 1.54) is 0 Å². The van der Waals surface area contributed by atoms with Crippen molar-refractivity contribution in [1.82, 2.24) is 0 Å². The molecule has 0 saturated carbocycles. The van der Waals surface area contributed by atoms with Gasteiger partial charge in [0.15, 0.2) is 5.92 Å². The monoisotopic (exact) mass is 205 g/mol. The van der Waals surface area contributed by atoms with Crippen LogP contribution in [0.5, 0.6) is 0 Å². The maximum absolute atomic E-state index is 11.1. The fourth-order valence-electron chi connectivity index (χ4n) is 0.547. The molecule has 68 valence electrons. The van der Waals surface area contributed by atoms with Crippen molar-refractivity contribution in [3.05, 3.63) is 0 Å². The Labute approximate surface area is 82.9 Å². The molecule has 0 N–H and O–H groups in total. The van der Waals surface area contributed by atoms with E-state index in [-0.39, 0.29) is 6.10 Å². The van der Waals surface area contributed by atoms with Crippen LogP contribution in [-0.4, -0.2) is 16.7 Å². The fourth-order valence-corrected chi connectivity index (χ4v) is 0.923. The van der Waals surface area contributed by atoms with Crippen LogP contribution < -0.4 is 0 Å². The first-order valence-electron chi connectivity index (χ1n) is 3.45. The second-order valence-corrected chi connectivity index (χ2v) is 4.03. The zero-order valence-corrected chi connectivity index (χ0v) is 8.68. The lowest BCUT2D eigenvalue weighted by Gasteiger charge is -2.13. The van der Waals surface area contributed by atoms with Crippen LogP contribution in [0, 0.1) is 17.2 Å². The summed E-state index contributed by atoms with van der Waals surface area (Å²) in [5.74, 6) is -1.47. The highest BCUT2D eigenvalue weighted by Gasteiger charge is 2.25. The van der Waals surface area contributed by atoms with Crippen molar-refractivity contribution in [3.63, 3.8) is 0 Å². The Morgan fingerprint density at radius 1 is 1.50 bits per heavy atom. The number of thiol groups is 2. The van der Waals surface area contributed by atoms with Crippen LogP contribution in [0.1, 0.15) is 13.8 Å². The van der Waals surface area contributed by atoms with Gasteiger partial charge in [-0.15, -0.1) is 0 Å². The van der Waals surface area contributed by atoms with E-state index in [1.54, 1.807) is 19.9 Å². The van der Waals surface area contributed by atoms with Gasteiger partial charge in [0, 0.05) is 0 Å². The van der Waals surface area contributed by atoms with Crippen molar-refractivity contribution in [2.75, 3.05) is 0 Å². The van der Waals surface area contributed by atoms with E-state index >= 15 is 0 Å². The largest absolute Gasteiger partial charge is 0.462 e. The Morgan fingerprint density at radius 2 is 2.00 bits per heavy atom. The van der Waals surface area contributed by atoms with Gasteiger partial charge in [-0.3, -0.25) is 4.79 Å². The maximum atomic E-state index is 11.1. The molecule has 0 heterocycles. The van der Waals surface area contributed by atoms with Gasteiger partial charge in [-0.05, 0) is 13.8 Å². The van der Waals surface area contributed by atoms with E-state index in [0.717, 1.165) is 0 Å². The summed E-state index contributed by atoms with van der Waals surface area (Å²) >= 11 is 7.75. The van der Waals surface area contributed by atoms with Gasteiger partial charge < -0.3 is 4.74 Å². The molecule has 0 radical (unpaired) electrons. The molecule has 0 aromatic heterocycles. The average Bonchev–Trinajstić information content (AvgIpc) is 1.85. The van der Waals surface area contributed by atoms with E-state index < -0.39 is 16.5 Å². The van der Waals surface area contributed by atoms with Gasteiger partial charge in [-0.2, -0.15) is 30.5 Å². The Kier molecular flexibility index (Phi) is 5.18. The summed E-state index contributed by atoms with van der Waals surface area (Å²) in [7, 11) is 0. The van der Waals surface area contributed by atoms with Gasteiger partial charge in [0.25, 0.3) is 0 Å². The number of rotatable bonds is 3. The number of esters is 1. The lowest BCUT2D eigenvalue weighted by atomic mass is 10.2. The molecule has 0 aliphatic carbocycles. The van der Waals surface area contributed by atoms with Crippen LogP contribution in [0.2, 0.25) is 0 Å². The molecular weight excluding hydrogens is 194 g/mol. The van der Waals surface area contributed by atoms with Gasteiger partial charge in [-0.1, -0.05) is 0 Å². The Balaban J connectivity index is 4.16. The molecular formula is C7H11NO2S2. The molecule has 0 aliphatic heterocycles. The van der Waals surface area contributed by atoms with Gasteiger partial charge in [-0.25, -0.2) is 0 Å². The molecule has 0 rings (SSSR count). The summed E-state index contributed by atoms with van der Waals surface area (Å²) in [5, 5.41) is 8.53. The van der Waals surface area contributed by atoms with Crippen molar-refractivity contribution in [2.24, 2.45) is 5.92 Å². The molecule has 1 unspecified atom stereocenters. The lowest BCUT2D eigenvalue weighted by molar-refractivity contribution is -0.149. The third-order valence-electron chi connectivity index (χ3n) is 1.04. The molecule has 0 amide bonds. The number of hydrogen-bond acceptors (Lipinski definition) is 5. The van der Waals surface area contributed by atoms with Crippen LogP contribution in [0.4, 0.5) is 0 Å². The lowest BCUT2D eigenvalue weighted by Crippen LogP contribution is -2.24. The summed E-state index contributed by atoms with van der Waals surface area (Å²) in [6.07, 6.45) is -0.214. The minimum Gasteiger partial charge on any atom is -0.462 e. The first-order chi connectivity index (χ1) is 5.49. The summed E-state index contributed by atoms with van der Waals surface area (Å²) < 4.78 is 4.21. The molecule has 3 nitrogen and oxygen atoms in total. The molecule has 1 atom stereocenters. The standard InChI is InChI=1S/C7H11NO2S2/c1-4(2)10-6(9)5(3-8)7(11)12/h4-5,7,11-12H,1-2H3. The average molecular weight is 205 g/mol. The second kappa shape index (κ2) is 5.33. The first-order valence-corrected chi connectivity index (χ1v) is 4.48. The minimum atomic E-state index is -0.904. The fraction of sp³-hybridized carbons (Fsp3) is 0.714. The number of nitrogens with zero attached hydrogens (tertiary/aromatic N) is 1. The molecule has 0 spiro atoms. The van der Waals surface area contributed by atoms with Crippen LogP contribution in [0.25, 0.3) is 0 Å². The highest BCUT2D eigenvalue weighted by atomic mass is 32.2. The van der Waals surface area contributed by atoms with Crippen LogP contribution in [0.15, 0.2) is 0 Å². The third kappa shape index (κ3) is 3.88. The van der Waals surface area contributed by atoms with Crippen LogP contribution in [0.3, 0.4) is 0 Å². The van der Waals surface area contributed by atoms with Gasteiger partial charge in [0.05, 0.1) is 16.8 Å². The van der Waals surface area contributed by atoms with E-state index in [2.05, 4.69) is 25.3 Å². The highest BCUT2D eigenvalue weighted by molar-refractivity contribution is 7.99. The molecule has 0 saturated heterocycles. The number of hydrogen-bond donors (Lipinski definition) is 2. The first kappa shape index (κ1) is 11.7. The summed E-state index contributed by atoms with van der Waals surface area (Å²) in [4.78, 5) is 11.1. The second-order valence-electron chi connectivity index (χ2n) is 2.51. The van der Waals surface area contributed by atoms with E-state index in [9.17, 15) is 4.79 Å². The smallest absolute Gasteiger partial charge is 0.325 e. The molecule has 0 fully saturated rings. The summed E-state index contributed by atoms with van der Waals surface area (Å²) in [6, 6.07) is 1.78. The summed E-state index contributed by atoms with van der Waals surface area (Å²) in [6.45, 7) is 3.44. The zero-order chi connectivity index (χ0) is 9.72. The van der Waals surface area contributed by atoms with Crippen LogP contribution >= 0.6 is 25.3 Å². The molecule has 0 bridgehead atoms. The van der Waals surface area contributed by atoms with Crippen molar-refractivity contribution in [1.29, 1.82) is 5.26 Å².